The summed E-state index contributed by atoms with van der Waals surface area (Å²) in [6.45, 7) is 6.07. The fraction of sp³-hybridized carbons (Fsp3) is 0.282. The standard InChI is InChI=1S/C39H37F3O2/c1-4-8-37(43)28-11-6-9-25(19-28)15-18-27-10-7-12-32(31(27)5-2)33-20-29(26-16-13-24(3)14-17-26)21-34(33)39(44)38-35(41)22-30(40)23-36(38)42/h6-7,9-14,16-17,19,21-23,29,33H,4-5,8,15,18,20H2,1-3H3. The van der Waals surface area contributed by atoms with Gasteiger partial charge < -0.3 is 0 Å². The molecule has 2 nitrogen and oxygen atoms in total. The first-order valence-corrected chi connectivity index (χ1v) is 15.4. The number of ketones is 2. The second-order valence-electron chi connectivity index (χ2n) is 11.7. The number of carbonyl (C=O) groups excluding carboxylic acids is 2. The van der Waals surface area contributed by atoms with Gasteiger partial charge in [0.05, 0.1) is 5.56 Å². The Morgan fingerprint density at radius 2 is 1.55 bits per heavy atom. The third-order valence-corrected chi connectivity index (χ3v) is 8.69. The van der Waals surface area contributed by atoms with Crippen molar-refractivity contribution in [1.29, 1.82) is 0 Å². The van der Waals surface area contributed by atoms with Gasteiger partial charge in [-0.1, -0.05) is 86.2 Å². The average molecular weight is 595 g/mol. The Kier molecular flexibility index (Phi) is 9.63. The average Bonchev–Trinajstić information content (AvgIpc) is 3.45. The van der Waals surface area contributed by atoms with Gasteiger partial charge in [-0.05, 0) is 72.9 Å². The molecule has 226 valence electrons. The number of benzene rings is 4. The number of hydrogen-bond acceptors (Lipinski definition) is 2. The predicted molar refractivity (Wildman–Crippen MR) is 169 cm³/mol. The van der Waals surface area contributed by atoms with Crippen LogP contribution in [0.5, 0.6) is 0 Å². The molecule has 0 amide bonds. The van der Waals surface area contributed by atoms with Crippen LogP contribution >= 0.6 is 0 Å². The SMILES string of the molecule is CCCC(=O)c1cccc(CCc2cccc(C3CC(c4ccc(C)cc4)C=C3C(=O)c3c(F)cc(F)cc3F)c2CC)c1. The zero-order valence-electron chi connectivity index (χ0n) is 25.4. The molecule has 44 heavy (non-hydrogen) atoms. The van der Waals surface area contributed by atoms with E-state index in [0.29, 0.717) is 37.0 Å². The molecular weight excluding hydrogens is 557 g/mol. The molecule has 0 N–H and O–H groups in total. The molecule has 0 saturated carbocycles. The molecule has 0 bridgehead atoms. The molecule has 0 saturated heterocycles. The van der Waals surface area contributed by atoms with Crippen LogP contribution in [0.2, 0.25) is 0 Å². The Labute approximate surface area is 257 Å². The molecule has 0 spiro atoms. The summed E-state index contributed by atoms with van der Waals surface area (Å²) in [6.07, 6.45) is 5.95. The molecule has 1 aliphatic rings. The topological polar surface area (TPSA) is 34.1 Å². The van der Waals surface area contributed by atoms with Crippen LogP contribution < -0.4 is 0 Å². The fourth-order valence-electron chi connectivity index (χ4n) is 6.46. The van der Waals surface area contributed by atoms with Gasteiger partial charge in [0, 0.05) is 41.5 Å². The van der Waals surface area contributed by atoms with Gasteiger partial charge >= 0.3 is 0 Å². The number of aryl methyl sites for hydroxylation is 3. The summed E-state index contributed by atoms with van der Waals surface area (Å²) in [5.41, 5.74) is 6.77. The molecular formula is C39H37F3O2. The fourth-order valence-corrected chi connectivity index (χ4v) is 6.46. The lowest BCUT2D eigenvalue weighted by molar-refractivity contribution is 0.0979. The summed E-state index contributed by atoms with van der Waals surface area (Å²) in [7, 11) is 0. The summed E-state index contributed by atoms with van der Waals surface area (Å²) in [6, 6.07) is 23.1. The first kappa shape index (κ1) is 31.2. The molecule has 2 atom stereocenters. The number of hydrogen-bond donors (Lipinski definition) is 0. The number of carbonyl (C=O) groups is 2. The summed E-state index contributed by atoms with van der Waals surface area (Å²) in [4.78, 5) is 26.3. The van der Waals surface area contributed by atoms with E-state index in [2.05, 4.69) is 13.0 Å². The van der Waals surface area contributed by atoms with E-state index in [9.17, 15) is 22.8 Å². The maximum atomic E-state index is 14.9. The molecule has 0 radical (unpaired) electrons. The summed E-state index contributed by atoms with van der Waals surface area (Å²) >= 11 is 0. The van der Waals surface area contributed by atoms with Crippen LogP contribution in [0.4, 0.5) is 13.2 Å². The van der Waals surface area contributed by atoms with Gasteiger partial charge in [-0.15, -0.1) is 0 Å². The van der Waals surface area contributed by atoms with E-state index in [-0.39, 0.29) is 17.6 Å². The largest absolute Gasteiger partial charge is 0.294 e. The molecule has 0 heterocycles. The van der Waals surface area contributed by atoms with E-state index >= 15 is 0 Å². The molecule has 5 rings (SSSR count). The smallest absolute Gasteiger partial charge is 0.195 e. The van der Waals surface area contributed by atoms with Gasteiger partial charge in [0.1, 0.15) is 17.5 Å². The molecule has 4 aromatic rings. The van der Waals surface area contributed by atoms with Crippen LogP contribution in [-0.4, -0.2) is 11.6 Å². The highest BCUT2D eigenvalue weighted by atomic mass is 19.1. The number of allylic oxidation sites excluding steroid dienone is 2. The molecule has 4 aromatic carbocycles. The van der Waals surface area contributed by atoms with Crippen LogP contribution in [0.25, 0.3) is 0 Å². The Bertz CT molecular complexity index is 1700. The van der Waals surface area contributed by atoms with Crippen LogP contribution in [-0.2, 0) is 19.3 Å². The Balaban J connectivity index is 1.50. The zero-order valence-corrected chi connectivity index (χ0v) is 25.4. The number of halogens is 3. The minimum Gasteiger partial charge on any atom is -0.294 e. The predicted octanol–water partition coefficient (Wildman–Crippen LogP) is 9.82. The highest BCUT2D eigenvalue weighted by Gasteiger charge is 2.36. The van der Waals surface area contributed by atoms with Gasteiger partial charge in [0.15, 0.2) is 11.6 Å². The normalized spacial score (nSPS) is 16.2. The van der Waals surface area contributed by atoms with Gasteiger partial charge in [-0.2, -0.15) is 0 Å². The summed E-state index contributed by atoms with van der Waals surface area (Å²) in [5, 5.41) is 0. The zero-order chi connectivity index (χ0) is 31.4. The molecule has 5 heteroatoms. The lowest BCUT2D eigenvalue weighted by Gasteiger charge is -2.22. The van der Waals surface area contributed by atoms with Crippen molar-refractivity contribution in [2.45, 2.75) is 71.1 Å². The maximum Gasteiger partial charge on any atom is 0.195 e. The molecule has 0 aromatic heterocycles. The second kappa shape index (κ2) is 13.6. The van der Waals surface area contributed by atoms with Gasteiger partial charge in [0.2, 0.25) is 0 Å². The Morgan fingerprint density at radius 3 is 2.23 bits per heavy atom. The summed E-state index contributed by atoms with van der Waals surface area (Å²) < 4.78 is 43.4. The third-order valence-electron chi connectivity index (χ3n) is 8.69. The lowest BCUT2D eigenvalue weighted by atomic mass is 9.81. The first-order chi connectivity index (χ1) is 21.2. The second-order valence-corrected chi connectivity index (χ2v) is 11.7. The monoisotopic (exact) mass is 594 g/mol. The van der Waals surface area contributed by atoms with Crippen LogP contribution in [0, 0.1) is 24.4 Å². The number of rotatable bonds is 11. The Morgan fingerprint density at radius 1 is 0.841 bits per heavy atom. The first-order valence-electron chi connectivity index (χ1n) is 15.4. The van der Waals surface area contributed by atoms with E-state index in [1.165, 1.54) is 0 Å². The van der Waals surface area contributed by atoms with Crippen LogP contribution in [0.3, 0.4) is 0 Å². The lowest BCUT2D eigenvalue weighted by Crippen LogP contribution is -2.15. The van der Waals surface area contributed by atoms with Gasteiger partial charge in [-0.3, -0.25) is 9.59 Å². The highest BCUT2D eigenvalue weighted by molar-refractivity contribution is 6.10. The van der Waals surface area contributed by atoms with Gasteiger partial charge in [-0.25, -0.2) is 13.2 Å². The third kappa shape index (κ3) is 6.62. The van der Waals surface area contributed by atoms with Gasteiger partial charge in [0.25, 0.3) is 0 Å². The molecule has 0 aliphatic heterocycles. The highest BCUT2D eigenvalue weighted by Crippen LogP contribution is 2.46. The van der Waals surface area contributed by atoms with Crippen molar-refractivity contribution in [2.24, 2.45) is 0 Å². The van der Waals surface area contributed by atoms with Crippen molar-refractivity contribution in [3.63, 3.8) is 0 Å². The molecule has 2 unspecified atom stereocenters. The van der Waals surface area contributed by atoms with Crippen molar-refractivity contribution in [1.82, 2.24) is 0 Å². The van der Waals surface area contributed by atoms with Crippen LogP contribution in [0.15, 0.2) is 90.5 Å². The minimum absolute atomic E-state index is 0.122. The quantitative estimate of drug-likeness (QED) is 0.162. The van der Waals surface area contributed by atoms with Crippen molar-refractivity contribution in [3.8, 4) is 0 Å². The van der Waals surface area contributed by atoms with Crippen molar-refractivity contribution < 1.29 is 22.8 Å². The molecule has 0 fully saturated rings. The van der Waals surface area contributed by atoms with Crippen LogP contribution in [0.1, 0.15) is 99.0 Å². The Hall–Kier alpha value is -4.25. The van der Waals surface area contributed by atoms with Crippen molar-refractivity contribution in [3.05, 3.63) is 152 Å². The van der Waals surface area contributed by atoms with Crippen molar-refractivity contribution >= 4 is 11.6 Å². The van der Waals surface area contributed by atoms with E-state index in [1.807, 2.05) is 80.6 Å². The summed E-state index contributed by atoms with van der Waals surface area (Å²) in [5.74, 6) is -4.57. The number of Topliss-reactive ketones (excluding diaryl/α,β-unsaturated/α-hetero) is 2. The molecule has 1 aliphatic carbocycles. The van der Waals surface area contributed by atoms with E-state index in [0.717, 1.165) is 58.2 Å². The van der Waals surface area contributed by atoms with Crippen molar-refractivity contribution in [2.75, 3.05) is 0 Å². The van der Waals surface area contributed by atoms with E-state index < -0.39 is 28.8 Å². The maximum absolute atomic E-state index is 14.9. The minimum atomic E-state index is -1.20. The van der Waals surface area contributed by atoms with E-state index in [4.69, 9.17) is 0 Å². The van der Waals surface area contributed by atoms with E-state index in [1.54, 1.807) is 0 Å².